The van der Waals surface area contributed by atoms with E-state index < -0.39 is 0 Å². The summed E-state index contributed by atoms with van der Waals surface area (Å²) in [5, 5.41) is 5.48. The molecular weight excluding hydrogens is 430 g/mol. The summed E-state index contributed by atoms with van der Waals surface area (Å²) >= 11 is 0. The minimum absolute atomic E-state index is 0.0183. The zero-order valence-electron chi connectivity index (χ0n) is 19.3. The van der Waals surface area contributed by atoms with Crippen molar-refractivity contribution in [2.75, 3.05) is 25.9 Å². The molecule has 0 aliphatic carbocycles. The highest BCUT2D eigenvalue weighted by Gasteiger charge is 2.27. The van der Waals surface area contributed by atoms with Gasteiger partial charge < -0.3 is 19.9 Å². The van der Waals surface area contributed by atoms with E-state index in [1.165, 1.54) is 12.4 Å². The average Bonchev–Trinajstić information content (AvgIpc) is 3.47. The largest absolute Gasteiger partial charge is 0.496 e. The van der Waals surface area contributed by atoms with Gasteiger partial charge in [0.1, 0.15) is 23.5 Å². The van der Waals surface area contributed by atoms with Crippen LogP contribution in [0.15, 0.2) is 55.6 Å². The first-order valence-electron chi connectivity index (χ1n) is 11.2. The quantitative estimate of drug-likeness (QED) is 0.461. The Bertz CT molecular complexity index is 1380. The molecule has 0 atom stereocenters. The summed E-state index contributed by atoms with van der Waals surface area (Å²) in [7, 11) is 3.63. The maximum atomic E-state index is 11.9. The number of amides is 1. The molecule has 174 valence electrons. The van der Waals surface area contributed by atoms with E-state index in [0.29, 0.717) is 18.9 Å². The third kappa shape index (κ3) is 3.49. The van der Waals surface area contributed by atoms with E-state index in [0.717, 1.165) is 52.0 Å². The van der Waals surface area contributed by atoms with Crippen LogP contribution >= 0.6 is 0 Å². The van der Waals surface area contributed by atoms with Gasteiger partial charge >= 0.3 is 0 Å². The molecule has 0 saturated carbocycles. The van der Waals surface area contributed by atoms with Crippen LogP contribution in [0.1, 0.15) is 18.9 Å². The summed E-state index contributed by atoms with van der Waals surface area (Å²) in [5.41, 5.74) is 10.8. The van der Waals surface area contributed by atoms with Crippen LogP contribution in [0, 0.1) is 0 Å². The van der Waals surface area contributed by atoms with E-state index in [1.54, 1.807) is 7.11 Å². The van der Waals surface area contributed by atoms with Gasteiger partial charge in [0, 0.05) is 43.0 Å². The first-order valence-corrected chi connectivity index (χ1v) is 11.2. The Balaban J connectivity index is 1.60. The Morgan fingerprint density at radius 3 is 2.74 bits per heavy atom. The highest BCUT2D eigenvalue weighted by Crippen LogP contribution is 2.44. The second-order valence-corrected chi connectivity index (χ2v) is 8.41. The topological polar surface area (TPSA) is 104 Å². The number of rotatable bonds is 5. The highest BCUT2D eigenvalue weighted by atomic mass is 16.5. The number of hydrogen-bond donors (Lipinski definition) is 1. The van der Waals surface area contributed by atoms with Crippen molar-refractivity contribution in [3.63, 3.8) is 0 Å². The summed E-state index contributed by atoms with van der Waals surface area (Å²) in [6.07, 6.45) is 8.47. The number of para-hydroxylation sites is 1. The molecule has 0 unspecified atom stereocenters. The van der Waals surface area contributed by atoms with Crippen molar-refractivity contribution in [2.45, 2.75) is 18.9 Å². The van der Waals surface area contributed by atoms with Crippen LogP contribution in [0.25, 0.3) is 33.4 Å². The van der Waals surface area contributed by atoms with E-state index in [2.05, 4.69) is 22.7 Å². The molecule has 1 aliphatic heterocycles. The molecule has 4 heterocycles. The second-order valence-electron chi connectivity index (χ2n) is 8.41. The van der Waals surface area contributed by atoms with Crippen molar-refractivity contribution in [3.8, 4) is 28.1 Å². The van der Waals surface area contributed by atoms with Crippen molar-refractivity contribution in [1.29, 1.82) is 0 Å². The number of likely N-dealkylation sites (tertiary alicyclic amines) is 1. The number of aromatic nitrogens is 5. The Morgan fingerprint density at radius 2 is 2.00 bits per heavy atom. The predicted molar refractivity (Wildman–Crippen MR) is 131 cm³/mol. The molecule has 9 nitrogen and oxygen atoms in total. The molecule has 1 aliphatic rings. The third-order valence-corrected chi connectivity index (χ3v) is 6.57. The van der Waals surface area contributed by atoms with Gasteiger partial charge in [-0.15, -0.1) is 0 Å². The number of piperidine rings is 1. The lowest BCUT2D eigenvalue weighted by Crippen LogP contribution is -2.38. The van der Waals surface area contributed by atoms with Crippen LogP contribution in [0.4, 0.5) is 5.82 Å². The van der Waals surface area contributed by atoms with E-state index in [1.807, 2.05) is 51.7 Å². The molecule has 34 heavy (non-hydrogen) atoms. The van der Waals surface area contributed by atoms with Gasteiger partial charge in [0.15, 0.2) is 0 Å². The maximum Gasteiger partial charge on any atom is 0.245 e. The van der Waals surface area contributed by atoms with E-state index >= 15 is 0 Å². The SMILES string of the molecule is C=CC(=O)N1CCC(n2cc(-c3c(-c4ccccc4OC)c4c(N)ncnc4n3C)cn2)CC1. The van der Waals surface area contributed by atoms with E-state index in [-0.39, 0.29) is 11.9 Å². The fraction of sp³-hybridized carbons (Fsp3) is 0.280. The van der Waals surface area contributed by atoms with Gasteiger partial charge in [-0.2, -0.15) is 5.10 Å². The molecule has 0 bridgehead atoms. The van der Waals surface area contributed by atoms with Crippen molar-refractivity contribution in [1.82, 2.24) is 29.2 Å². The summed E-state index contributed by atoms with van der Waals surface area (Å²) in [6, 6.07) is 8.08. The second kappa shape index (κ2) is 8.66. The molecule has 1 fully saturated rings. The van der Waals surface area contributed by atoms with Crippen LogP contribution in [0.3, 0.4) is 0 Å². The van der Waals surface area contributed by atoms with Crippen LogP contribution in [-0.4, -0.2) is 55.3 Å². The van der Waals surface area contributed by atoms with Crippen LogP contribution in [-0.2, 0) is 11.8 Å². The molecule has 0 spiro atoms. The number of nitrogens with zero attached hydrogens (tertiary/aromatic N) is 6. The number of fused-ring (bicyclic) bond motifs is 1. The number of nitrogen functional groups attached to an aromatic ring is 1. The Hall–Kier alpha value is -4.14. The number of anilines is 1. The van der Waals surface area contributed by atoms with Gasteiger partial charge in [-0.25, -0.2) is 9.97 Å². The summed E-state index contributed by atoms with van der Waals surface area (Å²) < 4.78 is 9.71. The van der Waals surface area contributed by atoms with Crippen LogP contribution in [0.2, 0.25) is 0 Å². The number of ether oxygens (including phenoxy) is 1. The molecule has 1 saturated heterocycles. The number of benzene rings is 1. The minimum atomic E-state index is -0.0183. The Kier molecular flexibility index (Phi) is 5.53. The van der Waals surface area contributed by atoms with Crippen LogP contribution in [0.5, 0.6) is 5.75 Å². The van der Waals surface area contributed by atoms with E-state index in [9.17, 15) is 4.79 Å². The van der Waals surface area contributed by atoms with Gasteiger partial charge in [-0.05, 0) is 25.0 Å². The van der Waals surface area contributed by atoms with Crippen molar-refractivity contribution in [3.05, 3.63) is 55.6 Å². The van der Waals surface area contributed by atoms with Crippen LogP contribution < -0.4 is 10.5 Å². The molecule has 1 amide bonds. The summed E-state index contributed by atoms with van der Waals surface area (Å²) in [4.78, 5) is 22.5. The highest BCUT2D eigenvalue weighted by molar-refractivity contribution is 6.08. The van der Waals surface area contributed by atoms with Crippen molar-refractivity contribution in [2.24, 2.45) is 7.05 Å². The molecule has 2 N–H and O–H groups in total. The van der Waals surface area contributed by atoms with Crippen molar-refractivity contribution >= 4 is 22.8 Å². The normalized spacial score (nSPS) is 14.5. The van der Waals surface area contributed by atoms with E-state index in [4.69, 9.17) is 15.6 Å². The van der Waals surface area contributed by atoms with Gasteiger partial charge in [0.2, 0.25) is 5.91 Å². The smallest absolute Gasteiger partial charge is 0.245 e. The monoisotopic (exact) mass is 457 g/mol. The Morgan fingerprint density at radius 1 is 1.24 bits per heavy atom. The third-order valence-electron chi connectivity index (χ3n) is 6.57. The number of nitrogens with two attached hydrogens (primary N) is 1. The average molecular weight is 458 g/mol. The zero-order valence-corrected chi connectivity index (χ0v) is 19.3. The molecule has 4 aromatic rings. The number of carbonyl (C=O) groups excluding carboxylic acids is 1. The van der Waals surface area contributed by atoms with Gasteiger partial charge in [-0.1, -0.05) is 24.8 Å². The summed E-state index contributed by atoms with van der Waals surface area (Å²) in [5.74, 6) is 1.14. The molecule has 0 radical (unpaired) electrons. The lowest BCUT2D eigenvalue weighted by molar-refractivity contribution is -0.127. The fourth-order valence-electron chi connectivity index (χ4n) is 4.87. The summed E-state index contributed by atoms with van der Waals surface area (Å²) in [6.45, 7) is 4.97. The standard InChI is InChI=1S/C25H27N7O2/c1-4-20(33)31-11-9-17(10-12-31)32-14-16(13-29-32)23-21(18-7-5-6-8-19(18)34-3)22-24(26)27-15-28-25(22)30(23)2/h4-8,13-15,17H,1,9-12H2,2-3H3,(H2,26,27,28). The number of carbonyl (C=O) groups is 1. The first kappa shape index (κ1) is 21.7. The number of hydrogen-bond acceptors (Lipinski definition) is 6. The maximum absolute atomic E-state index is 11.9. The van der Waals surface area contributed by atoms with Crippen molar-refractivity contribution < 1.29 is 9.53 Å². The zero-order chi connectivity index (χ0) is 23.8. The number of aryl methyl sites for hydroxylation is 1. The lowest BCUT2D eigenvalue weighted by atomic mass is 9.99. The van der Waals surface area contributed by atoms with Gasteiger partial charge in [-0.3, -0.25) is 9.48 Å². The molecule has 1 aromatic carbocycles. The first-order chi connectivity index (χ1) is 16.5. The molecule has 5 rings (SSSR count). The van der Waals surface area contributed by atoms with Gasteiger partial charge in [0.05, 0.1) is 30.4 Å². The Labute approximate surface area is 197 Å². The fourth-order valence-corrected chi connectivity index (χ4v) is 4.87. The molecule has 3 aromatic heterocycles. The lowest BCUT2D eigenvalue weighted by Gasteiger charge is -2.31. The predicted octanol–water partition coefficient (Wildman–Crippen LogP) is 3.44. The number of methoxy groups -OCH3 is 1. The molecular formula is C25H27N7O2. The molecule has 9 heteroatoms. The minimum Gasteiger partial charge on any atom is -0.496 e. The van der Waals surface area contributed by atoms with Gasteiger partial charge in [0.25, 0.3) is 0 Å².